The van der Waals surface area contributed by atoms with Gasteiger partial charge < -0.3 is 9.13 Å². The Balaban J connectivity index is 1.40. The maximum Gasteiger partial charge on any atom is 0.196 e. The molecule has 4 nitrogen and oxygen atoms in total. The first kappa shape index (κ1) is 27.4. The number of hydrogen-bond acceptors (Lipinski definition) is 1. The molecule has 0 saturated heterocycles. The molecule has 0 N–H and O–H groups in total. The lowest BCUT2D eigenvalue weighted by Crippen LogP contribution is -1.98. The van der Waals surface area contributed by atoms with Gasteiger partial charge in [0, 0.05) is 38.4 Å². The van der Waals surface area contributed by atoms with E-state index in [4.69, 9.17) is 6.57 Å². The molecule has 48 heavy (non-hydrogen) atoms. The van der Waals surface area contributed by atoms with Gasteiger partial charge in [-0.05, 0) is 71.3 Å². The average Bonchev–Trinajstić information content (AvgIpc) is 3.68. The third kappa shape index (κ3) is 4.07. The zero-order valence-electron chi connectivity index (χ0n) is 25.8. The molecule has 7 aromatic carbocycles. The van der Waals surface area contributed by atoms with Gasteiger partial charge in [0.05, 0.1) is 40.4 Å². The van der Waals surface area contributed by atoms with Crippen LogP contribution in [0.3, 0.4) is 0 Å². The smallest absolute Gasteiger partial charge is 0.196 e. The van der Waals surface area contributed by atoms with Crippen molar-refractivity contribution in [2.45, 2.75) is 0 Å². The number of fused-ring (bicyclic) bond motifs is 7. The summed E-state index contributed by atoms with van der Waals surface area (Å²) in [7, 11) is 0. The highest BCUT2D eigenvalue weighted by atomic mass is 15.0. The Kier molecular flexibility index (Phi) is 6.22. The van der Waals surface area contributed by atoms with E-state index in [0.29, 0.717) is 11.3 Å². The van der Waals surface area contributed by atoms with Crippen molar-refractivity contribution in [2.24, 2.45) is 0 Å². The molecule has 0 aliphatic heterocycles. The van der Waals surface area contributed by atoms with E-state index in [2.05, 4.69) is 154 Å². The third-order valence-corrected chi connectivity index (χ3v) is 9.36. The Morgan fingerprint density at radius 3 is 1.96 bits per heavy atom. The summed E-state index contributed by atoms with van der Waals surface area (Å²) in [5.74, 6) is 0. The molecule has 0 unspecified atom stereocenters. The van der Waals surface area contributed by atoms with Crippen LogP contribution in [0.1, 0.15) is 5.56 Å². The molecule has 0 fully saturated rings. The molecular weight excluding hydrogens is 585 g/mol. The number of hydrogen-bond donors (Lipinski definition) is 0. The summed E-state index contributed by atoms with van der Waals surface area (Å²) in [5, 5.41) is 14.3. The zero-order chi connectivity index (χ0) is 32.2. The van der Waals surface area contributed by atoms with E-state index >= 15 is 0 Å². The van der Waals surface area contributed by atoms with Crippen LogP contribution >= 0.6 is 0 Å². The lowest BCUT2D eigenvalue weighted by Gasteiger charge is -2.17. The number of nitrogens with zero attached hydrogens (tertiary/aromatic N) is 4. The first-order valence-electron chi connectivity index (χ1n) is 15.9. The SMILES string of the molecule is [C-]#[N+]c1cc(C#N)ccc1-c1ccc(-n2c3ccccc3c3c2ccc2c4ccccc4n(-c4ccccc4)c23)c(-c2ccccc2)c1. The van der Waals surface area contributed by atoms with E-state index < -0.39 is 0 Å². The monoisotopic (exact) mass is 610 g/mol. The van der Waals surface area contributed by atoms with Gasteiger partial charge in [0.2, 0.25) is 0 Å². The molecule has 0 aliphatic rings. The Morgan fingerprint density at radius 2 is 1.21 bits per heavy atom. The Bertz CT molecular complexity index is 2790. The van der Waals surface area contributed by atoms with Crippen molar-refractivity contribution < 1.29 is 0 Å². The number of benzene rings is 7. The fourth-order valence-electron chi connectivity index (χ4n) is 7.30. The van der Waals surface area contributed by atoms with Gasteiger partial charge in [-0.3, -0.25) is 0 Å². The van der Waals surface area contributed by atoms with E-state index in [9.17, 15) is 5.26 Å². The lowest BCUT2D eigenvalue weighted by molar-refractivity contribution is 1.17. The van der Waals surface area contributed by atoms with Gasteiger partial charge in [0.25, 0.3) is 0 Å². The molecule has 9 aromatic rings. The predicted octanol–water partition coefficient (Wildman–Crippen LogP) is 11.6. The van der Waals surface area contributed by atoms with Crippen LogP contribution in [0.5, 0.6) is 0 Å². The maximum atomic E-state index is 9.46. The molecule has 4 heteroatoms. The number of rotatable bonds is 4. The standard InChI is InChI=1S/C44H26N4/c1-46-38-26-29(28-45)20-22-33(38)31-21-24-41(37(27-31)30-12-4-2-5-13-30)48-40-19-11-9-17-36(40)43-42(48)25-23-35-34-16-8-10-18-39(34)47(44(35)43)32-14-6-3-7-15-32/h2-27H. The summed E-state index contributed by atoms with van der Waals surface area (Å²) in [6.45, 7) is 7.86. The van der Waals surface area contributed by atoms with Crippen LogP contribution in [0.15, 0.2) is 158 Å². The van der Waals surface area contributed by atoms with Crippen molar-refractivity contribution in [1.29, 1.82) is 5.26 Å². The highest BCUT2D eigenvalue weighted by Crippen LogP contribution is 2.44. The zero-order valence-corrected chi connectivity index (χ0v) is 25.8. The maximum absolute atomic E-state index is 9.46. The fraction of sp³-hybridized carbons (Fsp3) is 0. The summed E-state index contributed by atoms with van der Waals surface area (Å²) in [6, 6.07) is 56.8. The second kappa shape index (κ2) is 10.9. The molecule has 222 valence electrons. The molecule has 0 radical (unpaired) electrons. The van der Waals surface area contributed by atoms with Gasteiger partial charge >= 0.3 is 0 Å². The van der Waals surface area contributed by atoms with Crippen LogP contribution in [0, 0.1) is 17.9 Å². The van der Waals surface area contributed by atoms with Gasteiger partial charge in [-0.25, -0.2) is 4.85 Å². The van der Waals surface area contributed by atoms with Crippen LogP contribution in [-0.4, -0.2) is 9.13 Å². The minimum atomic E-state index is 0.466. The van der Waals surface area contributed by atoms with Crippen molar-refractivity contribution in [3.63, 3.8) is 0 Å². The summed E-state index contributed by atoms with van der Waals surface area (Å²) < 4.78 is 4.79. The molecule has 9 rings (SSSR count). The average molecular weight is 611 g/mol. The van der Waals surface area contributed by atoms with Gasteiger partial charge in [-0.1, -0.05) is 103 Å². The predicted molar refractivity (Wildman–Crippen MR) is 197 cm³/mol. The molecule has 0 amide bonds. The summed E-state index contributed by atoms with van der Waals surface area (Å²) in [5.41, 5.74) is 11.6. The largest absolute Gasteiger partial charge is 0.309 e. The second-order valence-electron chi connectivity index (χ2n) is 12.0. The number of para-hydroxylation sites is 3. The van der Waals surface area contributed by atoms with Gasteiger partial charge in [-0.2, -0.15) is 5.26 Å². The van der Waals surface area contributed by atoms with E-state index in [1.54, 1.807) is 12.1 Å². The minimum Gasteiger partial charge on any atom is -0.309 e. The van der Waals surface area contributed by atoms with Crippen LogP contribution < -0.4 is 0 Å². The molecule has 0 bridgehead atoms. The topological polar surface area (TPSA) is 38.0 Å². The van der Waals surface area contributed by atoms with Gasteiger partial charge in [0.1, 0.15) is 0 Å². The Morgan fingerprint density at radius 1 is 0.521 bits per heavy atom. The number of aromatic nitrogens is 2. The molecule has 0 saturated carbocycles. The van der Waals surface area contributed by atoms with Crippen LogP contribution in [-0.2, 0) is 0 Å². The van der Waals surface area contributed by atoms with E-state index in [1.807, 2.05) is 12.1 Å². The quantitative estimate of drug-likeness (QED) is 0.183. The minimum absolute atomic E-state index is 0.466. The number of nitriles is 1. The molecule has 0 aliphatic carbocycles. The summed E-state index contributed by atoms with van der Waals surface area (Å²) in [4.78, 5) is 3.78. The van der Waals surface area contributed by atoms with Crippen molar-refractivity contribution in [3.8, 4) is 39.7 Å². The normalized spacial score (nSPS) is 11.3. The summed E-state index contributed by atoms with van der Waals surface area (Å²) in [6.07, 6.45) is 0. The van der Waals surface area contributed by atoms with Crippen LogP contribution in [0.25, 0.3) is 82.1 Å². The highest BCUT2D eigenvalue weighted by molar-refractivity contribution is 6.26. The molecule has 0 spiro atoms. The van der Waals surface area contributed by atoms with Crippen molar-refractivity contribution in [3.05, 3.63) is 175 Å². The van der Waals surface area contributed by atoms with Crippen molar-refractivity contribution >= 4 is 49.3 Å². The molecule has 2 aromatic heterocycles. The molecule has 0 atom stereocenters. The van der Waals surface area contributed by atoms with E-state index in [1.165, 1.54) is 32.6 Å². The molecule has 2 heterocycles. The summed E-state index contributed by atoms with van der Waals surface area (Å²) >= 11 is 0. The van der Waals surface area contributed by atoms with Gasteiger partial charge in [-0.15, -0.1) is 0 Å². The van der Waals surface area contributed by atoms with Crippen molar-refractivity contribution in [2.75, 3.05) is 0 Å². The fourth-order valence-corrected chi connectivity index (χ4v) is 7.30. The first-order chi connectivity index (χ1) is 23.7. The lowest BCUT2D eigenvalue weighted by atomic mass is 9.95. The Labute approximate surface area is 277 Å². The van der Waals surface area contributed by atoms with E-state index in [0.717, 1.165) is 44.7 Å². The first-order valence-corrected chi connectivity index (χ1v) is 15.9. The third-order valence-electron chi connectivity index (χ3n) is 9.36. The van der Waals surface area contributed by atoms with Gasteiger partial charge in [0.15, 0.2) is 5.69 Å². The van der Waals surface area contributed by atoms with Crippen LogP contribution in [0.2, 0.25) is 0 Å². The Hall–Kier alpha value is -6.88. The molecular formula is C44H26N4. The van der Waals surface area contributed by atoms with E-state index in [-0.39, 0.29) is 0 Å². The van der Waals surface area contributed by atoms with Crippen molar-refractivity contribution in [1.82, 2.24) is 9.13 Å². The highest BCUT2D eigenvalue weighted by Gasteiger charge is 2.22. The second-order valence-corrected chi connectivity index (χ2v) is 12.0. The van der Waals surface area contributed by atoms with Crippen LogP contribution in [0.4, 0.5) is 5.69 Å².